The number of nitrogens with one attached hydrogen (secondary N) is 1. The number of fused-ring (bicyclic) bond motifs is 1. The van der Waals surface area contributed by atoms with Crippen LogP contribution >= 0.6 is 0 Å². The van der Waals surface area contributed by atoms with Gasteiger partial charge in [-0.15, -0.1) is 0 Å². The molecule has 2 aromatic carbocycles. The molecule has 0 amide bonds. The monoisotopic (exact) mass is 406 g/mol. The Balaban J connectivity index is 1.59. The molecule has 29 heavy (non-hydrogen) atoms. The zero-order valence-electron chi connectivity index (χ0n) is 15.7. The van der Waals surface area contributed by atoms with Crippen molar-refractivity contribution in [2.45, 2.75) is 26.5 Å². The topological polar surface area (TPSA) is 82.5 Å². The fourth-order valence-corrected chi connectivity index (χ4v) is 2.90. The highest BCUT2D eigenvalue weighted by Crippen LogP contribution is 2.30. The largest absolute Gasteiger partial charge is 0.490 e. The minimum Gasteiger partial charge on any atom is -0.490 e. The quantitative estimate of drug-likeness (QED) is 0.434. The van der Waals surface area contributed by atoms with Crippen LogP contribution in [-0.4, -0.2) is 35.3 Å². The van der Waals surface area contributed by atoms with Gasteiger partial charge in [0.1, 0.15) is 0 Å². The third-order valence-electron chi connectivity index (χ3n) is 4.14. The summed E-state index contributed by atoms with van der Waals surface area (Å²) in [5, 5.41) is 0. The minimum absolute atomic E-state index is 0.0348. The molecule has 0 bridgehead atoms. The van der Waals surface area contributed by atoms with Crippen LogP contribution in [0, 0.1) is 0 Å². The predicted molar refractivity (Wildman–Crippen MR) is 102 cm³/mol. The molecule has 0 unspecified atom stereocenters. The molecule has 9 heteroatoms. The summed E-state index contributed by atoms with van der Waals surface area (Å²) in [7, 11) is 0. The van der Waals surface area contributed by atoms with E-state index in [0.717, 1.165) is 11.0 Å². The van der Waals surface area contributed by atoms with Crippen LogP contribution < -0.4 is 15.2 Å². The highest BCUT2D eigenvalue weighted by molar-refractivity contribution is 5.90. The zero-order valence-corrected chi connectivity index (χ0v) is 15.7. The van der Waals surface area contributed by atoms with Crippen LogP contribution in [-0.2, 0) is 11.3 Å². The summed E-state index contributed by atoms with van der Waals surface area (Å²) in [6.45, 7) is -0.632. The number of hydrogen-bond donors (Lipinski definition) is 1. The summed E-state index contributed by atoms with van der Waals surface area (Å²) in [5.41, 5.74) is 1.44. The molecule has 1 N–H and O–H groups in total. The standard InChI is InChI=1S/C20H20F2N2O5/c1-2-27-17-12-13(8-9-16(17)29-19(21)22)18(25)28-11-5-10-24-15-7-4-3-6-14(15)23-20(24)26/h3-4,6-9,12,19H,2,5,10-11H2,1H3,(H,23,26). The number of H-pyrrole nitrogens is 1. The smallest absolute Gasteiger partial charge is 0.387 e. The summed E-state index contributed by atoms with van der Waals surface area (Å²) >= 11 is 0. The first-order chi connectivity index (χ1) is 14.0. The van der Waals surface area contributed by atoms with E-state index in [1.807, 2.05) is 24.3 Å². The third kappa shape index (κ3) is 4.92. The number of carbonyl (C=O) groups excluding carboxylic acids is 1. The number of ether oxygens (including phenoxy) is 3. The molecule has 0 aliphatic rings. The van der Waals surface area contributed by atoms with E-state index < -0.39 is 12.6 Å². The van der Waals surface area contributed by atoms with Gasteiger partial charge in [0.05, 0.1) is 29.8 Å². The molecule has 0 saturated heterocycles. The number of alkyl halides is 2. The summed E-state index contributed by atoms with van der Waals surface area (Å²) < 4.78 is 41.3. The number of aryl methyl sites for hydroxylation is 1. The number of benzene rings is 2. The predicted octanol–water partition coefficient (Wildman–Crippen LogP) is 3.58. The van der Waals surface area contributed by atoms with Crippen molar-refractivity contribution in [3.63, 3.8) is 0 Å². The molecular weight excluding hydrogens is 386 g/mol. The molecule has 3 rings (SSSR count). The highest BCUT2D eigenvalue weighted by Gasteiger charge is 2.15. The Labute approximate surface area is 164 Å². The van der Waals surface area contributed by atoms with Gasteiger partial charge in [-0.2, -0.15) is 8.78 Å². The second-order valence-electron chi connectivity index (χ2n) is 6.06. The van der Waals surface area contributed by atoms with E-state index in [1.54, 1.807) is 11.5 Å². The van der Waals surface area contributed by atoms with Crippen LogP contribution in [0.5, 0.6) is 11.5 Å². The number of imidazole rings is 1. The molecule has 3 aromatic rings. The number of hydrogen-bond acceptors (Lipinski definition) is 5. The van der Waals surface area contributed by atoms with E-state index in [-0.39, 0.29) is 36.0 Å². The molecule has 1 heterocycles. The molecular formula is C20H20F2N2O5. The lowest BCUT2D eigenvalue weighted by molar-refractivity contribution is -0.0514. The van der Waals surface area contributed by atoms with Gasteiger partial charge >= 0.3 is 18.3 Å². The molecule has 0 aliphatic heterocycles. The summed E-state index contributed by atoms with van der Waals surface area (Å²) in [6.07, 6.45) is 0.429. The molecule has 0 aliphatic carbocycles. The second kappa shape index (κ2) is 9.22. The molecule has 0 fully saturated rings. The first kappa shape index (κ1) is 20.4. The molecule has 154 valence electrons. The van der Waals surface area contributed by atoms with Crippen LogP contribution in [0.25, 0.3) is 11.0 Å². The number of halogens is 2. The summed E-state index contributed by atoms with van der Waals surface area (Å²) in [6, 6.07) is 11.2. The van der Waals surface area contributed by atoms with Crippen LogP contribution in [0.3, 0.4) is 0 Å². The van der Waals surface area contributed by atoms with Gasteiger partial charge in [-0.25, -0.2) is 9.59 Å². The third-order valence-corrected chi connectivity index (χ3v) is 4.14. The van der Waals surface area contributed by atoms with Gasteiger partial charge in [-0.05, 0) is 43.7 Å². The van der Waals surface area contributed by atoms with Crippen molar-refractivity contribution < 1.29 is 27.8 Å². The number of nitrogens with zero attached hydrogens (tertiary/aromatic N) is 1. The van der Waals surface area contributed by atoms with Crippen molar-refractivity contribution in [2.24, 2.45) is 0 Å². The van der Waals surface area contributed by atoms with Gasteiger partial charge in [0.2, 0.25) is 0 Å². The highest BCUT2D eigenvalue weighted by atomic mass is 19.3. The number of aromatic nitrogens is 2. The average Bonchev–Trinajstić information content (AvgIpc) is 3.01. The maximum atomic E-state index is 12.5. The first-order valence-electron chi connectivity index (χ1n) is 9.06. The molecule has 1 aromatic heterocycles. The Morgan fingerprint density at radius 2 is 1.97 bits per heavy atom. The van der Waals surface area contributed by atoms with Crippen LogP contribution in [0.4, 0.5) is 8.78 Å². The Hall–Kier alpha value is -3.36. The SMILES string of the molecule is CCOc1cc(C(=O)OCCCn2c(=O)[nH]c3ccccc32)ccc1OC(F)F. The molecule has 0 radical (unpaired) electrons. The van der Waals surface area contributed by atoms with Gasteiger partial charge in [-0.1, -0.05) is 12.1 Å². The molecule has 0 atom stereocenters. The first-order valence-corrected chi connectivity index (χ1v) is 9.06. The van der Waals surface area contributed by atoms with E-state index in [0.29, 0.717) is 13.0 Å². The van der Waals surface area contributed by atoms with Crippen LogP contribution in [0.2, 0.25) is 0 Å². The zero-order chi connectivity index (χ0) is 20.8. The Morgan fingerprint density at radius 3 is 2.72 bits per heavy atom. The van der Waals surface area contributed by atoms with Gasteiger partial charge in [0.15, 0.2) is 11.5 Å². The van der Waals surface area contributed by atoms with Crippen molar-refractivity contribution in [2.75, 3.05) is 13.2 Å². The van der Waals surface area contributed by atoms with E-state index in [1.165, 1.54) is 18.2 Å². The lowest BCUT2D eigenvalue weighted by atomic mass is 10.2. The summed E-state index contributed by atoms with van der Waals surface area (Å²) in [4.78, 5) is 27.0. The molecule has 0 spiro atoms. The number of para-hydroxylation sites is 2. The van der Waals surface area contributed by atoms with Gasteiger partial charge in [-0.3, -0.25) is 4.57 Å². The lowest BCUT2D eigenvalue weighted by Gasteiger charge is -2.12. The van der Waals surface area contributed by atoms with Crippen molar-refractivity contribution in [3.8, 4) is 11.5 Å². The average molecular weight is 406 g/mol. The lowest BCUT2D eigenvalue weighted by Crippen LogP contribution is -2.18. The number of rotatable bonds is 9. The maximum Gasteiger partial charge on any atom is 0.387 e. The minimum atomic E-state index is -3.00. The maximum absolute atomic E-state index is 12.5. The van der Waals surface area contributed by atoms with Gasteiger partial charge in [0, 0.05) is 6.54 Å². The number of aromatic amines is 1. The summed E-state index contributed by atoms with van der Waals surface area (Å²) in [5.74, 6) is -0.745. The van der Waals surface area contributed by atoms with Crippen molar-refractivity contribution in [3.05, 3.63) is 58.5 Å². The second-order valence-corrected chi connectivity index (χ2v) is 6.06. The van der Waals surface area contributed by atoms with E-state index in [4.69, 9.17) is 9.47 Å². The normalized spacial score (nSPS) is 11.0. The molecule has 0 saturated carbocycles. The van der Waals surface area contributed by atoms with Crippen molar-refractivity contribution >= 4 is 17.0 Å². The number of carbonyl (C=O) groups is 1. The Morgan fingerprint density at radius 1 is 1.17 bits per heavy atom. The fraction of sp³-hybridized carbons (Fsp3) is 0.300. The van der Waals surface area contributed by atoms with Crippen LogP contribution in [0.15, 0.2) is 47.3 Å². The molecule has 7 nitrogen and oxygen atoms in total. The Kier molecular flexibility index (Phi) is 6.48. The van der Waals surface area contributed by atoms with Gasteiger partial charge in [0.25, 0.3) is 0 Å². The van der Waals surface area contributed by atoms with Crippen molar-refractivity contribution in [1.82, 2.24) is 9.55 Å². The van der Waals surface area contributed by atoms with E-state index in [2.05, 4.69) is 9.72 Å². The van der Waals surface area contributed by atoms with E-state index >= 15 is 0 Å². The number of esters is 1. The fourth-order valence-electron chi connectivity index (χ4n) is 2.90. The van der Waals surface area contributed by atoms with Gasteiger partial charge < -0.3 is 19.2 Å². The Bertz CT molecular complexity index is 1040. The van der Waals surface area contributed by atoms with Crippen LogP contribution in [0.1, 0.15) is 23.7 Å². The van der Waals surface area contributed by atoms with E-state index in [9.17, 15) is 18.4 Å². The van der Waals surface area contributed by atoms with Crippen molar-refractivity contribution in [1.29, 1.82) is 0 Å².